The average Bonchev–Trinajstić information content (AvgIpc) is 2.47. The van der Waals surface area contributed by atoms with Crippen LogP contribution in [0.4, 0.5) is 0 Å². The molecule has 5 nitrogen and oxygen atoms in total. The van der Waals surface area contributed by atoms with Gasteiger partial charge in [-0.3, -0.25) is 0 Å². The van der Waals surface area contributed by atoms with Crippen molar-refractivity contribution < 1.29 is 24.3 Å². The molecule has 0 spiro atoms. The van der Waals surface area contributed by atoms with Gasteiger partial charge >= 0.3 is 5.97 Å². The van der Waals surface area contributed by atoms with Crippen LogP contribution in [0.15, 0.2) is 53.3 Å². The second kappa shape index (κ2) is 7.19. The summed E-state index contributed by atoms with van der Waals surface area (Å²) in [4.78, 5) is 10.9. The highest BCUT2D eigenvalue weighted by molar-refractivity contribution is 9.10. The Morgan fingerprint density at radius 2 is 2.00 bits per heavy atom. The Hall–Kier alpha value is -1.92. The number of hydrogen-bond donors (Lipinski definition) is 2. The summed E-state index contributed by atoms with van der Waals surface area (Å²) in [7, 11) is 0. The zero-order chi connectivity index (χ0) is 15.2. The van der Waals surface area contributed by atoms with E-state index in [1.54, 1.807) is 29.0 Å². The second-order valence-corrected chi connectivity index (χ2v) is 5.43. The number of aromatic carboxylic acids is 1. The van der Waals surface area contributed by atoms with Gasteiger partial charge in [-0.25, -0.2) is 9.36 Å². The molecule has 0 saturated carbocycles. The fourth-order valence-corrected chi connectivity index (χ4v) is 2.05. The number of aliphatic hydroxyl groups is 1. The van der Waals surface area contributed by atoms with E-state index in [1.807, 2.05) is 12.1 Å². The Morgan fingerprint density at radius 3 is 2.67 bits per heavy atom. The smallest absolute Gasteiger partial charge is 0.341 e. The summed E-state index contributed by atoms with van der Waals surface area (Å²) < 4.78 is 8.05. The average molecular weight is 353 g/mol. The molecule has 110 valence electrons. The minimum Gasteiger partial charge on any atom is -0.491 e. The number of pyridine rings is 1. The monoisotopic (exact) mass is 352 g/mol. The van der Waals surface area contributed by atoms with Gasteiger partial charge in [-0.1, -0.05) is 15.9 Å². The Kier molecular flexibility index (Phi) is 5.30. The number of carboxylic acid groups (broad SMARTS) is 1. The number of hydrogen-bond acceptors (Lipinski definition) is 3. The molecule has 2 aromatic rings. The molecule has 1 unspecified atom stereocenters. The molecule has 21 heavy (non-hydrogen) atoms. The number of aliphatic hydroxyl groups excluding tert-OH is 1. The number of rotatable bonds is 6. The predicted octanol–water partition coefficient (Wildman–Crippen LogP) is 1.87. The van der Waals surface area contributed by atoms with E-state index < -0.39 is 12.1 Å². The SMILES string of the molecule is O=C(O)c1ccc[n+](CC(O)COc2ccc(Br)cc2)c1. The van der Waals surface area contributed by atoms with Crippen LogP contribution < -0.4 is 9.30 Å². The van der Waals surface area contributed by atoms with E-state index in [2.05, 4.69) is 15.9 Å². The van der Waals surface area contributed by atoms with Gasteiger partial charge in [0.1, 0.15) is 24.0 Å². The third-order valence-corrected chi connectivity index (χ3v) is 3.31. The maximum atomic E-state index is 10.9. The quantitative estimate of drug-likeness (QED) is 0.778. The number of ether oxygens (including phenoxy) is 1. The molecule has 0 aliphatic carbocycles. The molecule has 2 rings (SSSR count). The van der Waals surface area contributed by atoms with Gasteiger partial charge in [0.2, 0.25) is 0 Å². The molecule has 0 amide bonds. The fourth-order valence-electron chi connectivity index (χ4n) is 1.78. The molecule has 0 fully saturated rings. The molecule has 6 heteroatoms. The van der Waals surface area contributed by atoms with Gasteiger partial charge in [0.05, 0.1) is 0 Å². The topological polar surface area (TPSA) is 70.6 Å². The largest absolute Gasteiger partial charge is 0.491 e. The summed E-state index contributed by atoms with van der Waals surface area (Å²) in [5, 5.41) is 18.9. The van der Waals surface area contributed by atoms with Crippen molar-refractivity contribution >= 4 is 21.9 Å². The third-order valence-electron chi connectivity index (χ3n) is 2.78. The number of halogens is 1. The highest BCUT2D eigenvalue weighted by Crippen LogP contribution is 2.16. The van der Waals surface area contributed by atoms with Crippen LogP contribution in [0.25, 0.3) is 0 Å². The van der Waals surface area contributed by atoms with Crippen LogP contribution in [-0.2, 0) is 6.54 Å². The highest BCUT2D eigenvalue weighted by atomic mass is 79.9. The molecule has 1 atom stereocenters. The molecular weight excluding hydrogens is 338 g/mol. The van der Waals surface area contributed by atoms with Crippen LogP contribution in [0.2, 0.25) is 0 Å². The van der Waals surface area contributed by atoms with Crippen LogP contribution in [0, 0.1) is 0 Å². The van der Waals surface area contributed by atoms with E-state index in [0.29, 0.717) is 5.75 Å². The van der Waals surface area contributed by atoms with Gasteiger partial charge in [0, 0.05) is 10.5 Å². The van der Waals surface area contributed by atoms with E-state index in [1.165, 1.54) is 12.3 Å². The Balaban J connectivity index is 1.89. The molecule has 0 saturated heterocycles. The molecular formula is C15H15BrNO4+. The van der Waals surface area contributed by atoms with Gasteiger partial charge in [0.15, 0.2) is 18.9 Å². The summed E-state index contributed by atoms with van der Waals surface area (Å²) in [6, 6.07) is 10.4. The second-order valence-electron chi connectivity index (χ2n) is 4.51. The first-order valence-electron chi connectivity index (χ1n) is 6.33. The van der Waals surface area contributed by atoms with Crippen molar-refractivity contribution in [1.82, 2.24) is 0 Å². The van der Waals surface area contributed by atoms with Crippen molar-refractivity contribution in [3.8, 4) is 5.75 Å². The summed E-state index contributed by atoms with van der Waals surface area (Å²) in [5.74, 6) is -0.327. The van der Waals surface area contributed by atoms with Crippen LogP contribution in [0.5, 0.6) is 5.75 Å². The minimum absolute atomic E-state index is 0.131. The Bertz CT molecular complexity index is 615. The molecule has 0 aliphatic heterocycles. The maximum Gasteiger partial charge on any atom is 0.341 e. The zero-order valence-corrected chi connectivity index (χ0v) is 12.7. The van der Waals surface area contributed by atoms with Crippen LogP contribution in [0.3, 0.4) is 0 Å². The molecule has 2 N–H and O–H groups in total. The Morgan fingerprint density at radius 1 is 1.29 bits per heavy atom. The van der Waals surface area contributed by atoms with E-state index >= 15 is 0 Å². The van der Waals surface area contributed by atoms with E-state index in [0.717, 1.165) is 4.47 Å². The van der Waals surface area contributed by atoms with Gasteiger partial charge < -0.3 is 14.9 Å². The molecule has 0 radical (unpaired) electrons. The number of benzene rings is 1. The zero-order valence-electron chi connectivity index (χ0n) is 11.1. The first-order chi connectivity index (χ1) is 10.0. The van der Waals surface area contributed by atoms with E-state index in [9.17, 15) is 9.90 Å². The summed E-state index contributed by atoms with van der Waals surface area (Å²) in [6.07, 6.45) is 2.45. The summed E-state index contributed by atoms with van der Waals surface area (Å²) in [5.41, 5.74) is 0.179. The molecule has 1 aromatic carbocycles. The van der Waals surface area contributed by atoms with Crippen LogP contribution in [-0.4, -0.2) is 28.9 Å². The number of nitrogens with zero attached hydrogens (tertiary/aromatic N) is 1. The van der Waals surface area contributed by atoms with Crippen molar-refractivity contribution in [2.24, 2.45) is 0 Å². The van der Waals surface area contributed by atoms with Crippen molar-refractivity contribution in [2.75, 3.05) is 6.61 Å². The number of aromatic nitrogens is 1. The molecule has 1 aromatic heterocycles. The lowest BCUT2D eigenvalue weighted by molar-refractivity contribution is -0.703. The lowest BCUT2D eigenvalue weighted by Gasteiger charge is -2.10. The van der Waals surface area contributed by atoms with Gasteiger partial charge in [0.25, 0.3) is 0 Å². The van der Waals surface area contributed by atoms with E-state index in [4.69, 9.17) is 9.84 Å². The van der Waals surface area contributed by atoms with Gasteiger partial charge in [-0.15, -0.1) is 0 Å². The third kappa shape index (κ3) is 4.84. The van der Waals surface area contributed by atoms with Crippen LogP contribution in [0.1, 0.15) is 10.4 Å². The summed E-state index contributed by atoms with van der Waals surface area (Å²) in [6.45, 7) is 0.392. The van der Waals surface area contributed by atoms with Crippen molar-refractivity contribution in [3.63, 3.8) is 0 Å². The van der Waals surface area contributed by atoms with Crippen molar-refractivity contribution in [3.05, 3.63) is 58.8 Å². The van der Waals surface area contributed by atoms with E-state index in [-0.39, 0.29) is 18.7 Å². The standard InChI is InChI=1S/C15H14BrNO4/c16-12-3-5-14(6-4-12)21-10-13(18)9-17-7-1-2-11(8-17)15(19)20/h1-8,13,18H,9-10H2/p+1. The van der Waals surface area contributed by atoms with Crippen molar-refractivity contribution in [2.45, 2.75) is 12.6 Å². The first kappa shape index (κ1) is 15.5. The molecule has 0 aliphatic rings. The van der Waals surface area contributed by atoms with Crippen LogP contribution >= 0.6 is 15.9 Å². The molecule has 1 heterocycles. The number of carboxylic acids is 1. The van der Waals surface area contributed by atoms with Crippen molar-refractivity contribution in [1.29, 1.82) is 0 Å². The predicted molar refractivity (Wildman–Crippen MR) is 79.2 cm³/mol. The maximum absolute atomic E-state index is 10.9. The van der Waals surface area contributed by atoms with Gasteiger partial charge in [-0.2, -0.15) is 0 Å². The first-order valence-corrected chi connectivity index (χ1v) is 7.13. The molecule has 0 bridgehead atoms. The number of carbonyl (C=O) groups is 1. The lowest BCUT2D eigenvalue weighted by Crippen LogP contribution is -2.42. The minimum atomic E-state index is -0.995. The summed E-state index contributed by atoms with van der Waals surface area (Å²) >= 11 is 3.33. The van der Waals surface area contributed by atoms with Gasteiger partial charge in [-0.05, 0) is 30.3 Å². The normalized spacial score (nSPS) is 11.9. The highest BCUT2D eigenvalue weighted by Gasteiger charge is 2.14. The Labute approximate surface area is 130 Å². The fraction of sp³-hybridized carbons (Fsp3) is 0.200. The lowest BCUT2D eigenvalue weighted by atomic mass is 10.3.